The average Bonchev–Trinajstić information content (AvgIpc) is 4.09. The molecule has 2 aliphatic carbocycles. The largest absolute Gasteiger partial charge is 0.456 e. The maximum absolute atomic E-state index is 6.63. The Morgan fingerprint density at radius 2 is 0.905 bits per heavy atom. The van der Waals surface area contributed by atoms with Crippen molar-refractivity contribution in [2.45, 2.75) is 5.41 Å². The van der Waals surface area contributed by atoms with Crippen molar-refractivity contribution in [1.29, 1.82) is 0 Å². The van der Waals surface area contributed by atoms with E-state index < -0.39 is 5.41 Å². The van der Waals surface area contributed by atoms with E-state index in [0.717, 1.165) is 54.5 Å². The number of hydrogen-bond acceptors (Lipinski definition) is 5. The van der Waals surface area contributed by atoms with Crippen molar-refractivity contribution in [1.82, 2.24) is 15.0 Å². The maximum atomic E-state index is 6.63. The molecule has 0 saturated heterocycles. The molecular weight excluding hydrogens is 787 g/mol. The van der Waals surface area contributed by atoms with E-state index in [2.05, 4.69) is 170 Å². The summed E-state index contributed by atoms with van der Waals surface area (Å²) in [5.41, 5.74) is 16.8. The van der Waals surface area contributed by atoms with Gasteiger partial charge in [-0.2, -0.15) is 0 Å². The minimum atomic E-state index is -0.415. The van der Waals surface area contributed by atoms with Gasteiger partial charge in [-0.3, -0.25) is 0 Å². The van der Waals surface area contributed by atoms with Crippen LogP contribution in [0.25, 0.3) is 110 Å². The van der Waals surface area contributed by atoms with Crippen molar-refractivity contribution < 1.29 is 4.42 Å². The Morgan fingerprint density at radius 3 is 1.67 bits per heavy atom. The van der Waals surface area contributed by atoms with Gasteiger partial charge in [0, 0.05) is 47.6 Å². The fourth-order valence-corrected chi connectivity index (χ4v) is 11.9. The molecule has 4 nitrogen and oxygen atoms in total. The van der Waals surface area contributed by atoms with E-state index in [4.69, 9.17) is 19.4 Å². The molecule has 9 aromatic carbocycles. The number of hydrogen-bond donors (Lipinski definition) is 0. The Labute approximate surface area is 366 Å². The van der Waals surface area contributed by atoms with Gasteiger partial charge < -0.3 is 4.42 Å². The molecule has 5 heteroatoms. The minimum absolute atomic E-state index is 0.415. The van der Waals surface area contributed by atoms with Crippen LogP contribution in [0, 0.1) is 0 Å². The zero-order valence-corrected chi connectivity index (χ0v) is 34.5. The highest BCUT2D eigenvalue weighted by atomic mass is 32.1. The second kappa shape index (κ2) is 13.0. The van der Waals surface area contributed by atoms with Crippen molar-refractivity contribution in [3.05, 3.63) is 222 Å². The molecule has 292 valence electrons. The molecule has 63 heavy (non-hydrogen) atoms. The second-order valence-corrected chi connectivity index (χ2v) is 17.6. The smallest absolute Gasteiger partial charge is 0.165 e. The monoisotopic (exact) mass is 819 g/mol. The summed E-state index contributed by atoms with van der Waals surface area (Å²) in [6, 6.07) is 72.0. The van der Waals surface area contributed by atoms with Crippen molar-refractivity contribution >= 4 is 53.4 Å². The van der Waals surface area contributed by atoms with E-state index in [0.29, 0.717) is 17.5 Å². The first-order valence-electron chi connectivity index (χ1n) is 21.3. The van der Waals surface area contributed by atoms with Crippen LogP contribution in [-0.2, 0) is 5.41 Å². The lowest BCUT2D eigenvalue weighted by molar-refractivity contribution is 0.669. The molecule has 0 bridgehead atoms. The van der Waals surface area contributed by atoms with Gasteiger partial charge in [-0.1, -0.05) is 164 Å². The topological polar surface area (TPSA) is 51.8 Å². The summed E-state index contributed by atoms with van der Waals surface area (Å²) in [5.74, 6) is 1.87. The van der Waals surface area contributed by atoms with E-state index in [-0.39, 0.29) is 0 Å². The minimum Gasteiger partial charge on any atom is -0.456 e. The summed E-state index contributed by atoms with van der Waals surface area (Å²) in [5, 5.41) is 4.44. The molecule has 12 aromatic rings. The first-order valence-corrected chi connectivity index (χ1v) is 22.2. The van der Waals surface area contributed by atoms with Crippen molar-refractivity contribution in [2.75, 3.05) is 0 Å². The zero-order chi connectivity index (χ0) is 41.2. The van der Waals surface area contributed by atoms with Gasteiger partial charge in [-0.25, -0.2) is 15.0 Å². The van der Waals surface area contributed by atoms with Crippen LogP contribution >= 0.6 is 11.3 Å². The Balaban J connectivity index is 0.970. The molecule has 0 unspecified atom stereocenters. The van der Waals surface area contributed by atoms with Crippen molar-refractivity contribution in [2.24, 2.45) is 0 Å². The number of benzene rings is 9. The highest BCUT2D eigenvalue weighted by Gasteiger charge is 2.51. The van der Waals surface area contributed by atoms with Gasteiger partial charge in [0.25, 0.3) is 0 Å². The van der Waals surface area contributed by atoms with Crippen LogP contribution in [0.15, 0.2) is 205 Å². The van der Waals surface area contributed by atoms with Gasteiger partial charge >= 0.3 is 0 Å². The maximum Gasteiger partial charge on any atom is 0.165 e. The number of nitrogens with zero attached hydrogens (tertiary/aromatic N) is 3. The van der Waals surface area contributed by atoms with Crippen molar-refractivity contribution in [3.63, 3.8) is 0 Å². The molecule has 3 aromatic heterocycles. The van der Waals surface area contributed by atoms with E-state index in [1.807, 2.05) is 30.3 Å². The standard InChI is InChI=1S/C58H33N3OS/c1-2-14-34(15-3-1)55-59-56(61-57(60-55)44-22-12-20-42-41-19-7-11-27-52(41)63-54(42)44)43-21-13-26-51-53(43)45-32-35(29-31-50(45)62-51)36-28-30-40-39-18-6-10-25-48(39)58(49(40)33-36)46-23-8-4-16-37(46)38-17-5-9-24-47(38)58/h1-33H. The molecule has 3 heterocycles. The summed E-state index contributed by atoms with van der Waals surface area (Å²) in [4.78, 5) is 15.7. The fourth-order valence-electron chi connectivity index (χ4n) is 10.7. The molecule has 0 saturated carbocycles. The van der Waals surface area contributed by atoms with E-state index in [9.17, 15) is 0 Å². The summed E-state index contributed by atoms with van der Waals surface area (Å²) < 4.78 is 9.03. The third-order valence-corrected chi connectivity index (χ3v) is 14.6. The van der Waals surface area contributed by atoms with Gasteiger partial charge in [-0.15, -0.1) is 11.3 Å². The molecule has 0 atom stereocenters. The molecule has 0 radical (unpaired) electrons. The normalized spacial score (nSPS) is 13.2. The van der Waals surface area contributed by atoms with E-state index in [1.54, 1.807) is 11.3 Å². The van der Waals surface area contributed by atoms with Crippen LogP contribution in [0.5, 0.6) is 0 Å². The van der Waals surface area contributed by atoms with Crippen LogP contribution < -0.4 is 0 Å². The number of rotatable bonds is 4. The Morgan fingerprint density at radius 1 is 0.349 bits per heavy atom. The van der Waals surface area contributed by atoms with Crippen LogP contribution in [0.2, 0.25) is 0 Å². The first kappa shape index (κ1) is 34.7. The van der Waals surface area contributed by atoms with E-state index in [1.165, 1.54) is 60.0 Å². The molecular formula is C58H33N3OS. The summed E-state index contributed by atoms with van der Waals surface area (Å²) in [6.45, 7) is 0. The van der Waals surface area contributed by atoms with Crippen LogP contribution in [-0.4, -0.2) is 15.0 Å². The van der Waals surface area contributed by atoms with Gasteiger partial charge in [-0.05, 0) is 92.0 Å². The predicted octanol–water partition coefficient (Wildman–Crippen LogP) is 15.2. The molecule has 14 rings (SSSR count). The summed E-state index contributed by atoms with van der Waals surface area (Å²) in [6.07, 6.45) is 0. The molecule has 0 amide bonds. The molecule has 0 aliphatic heterocycles. The molecule has 0 N–H and O–H groups in total. The van der Waals surface area contributed by atoms with Gasteiger partial charge in [0.1, 0.15) is 11.2 Å². The third kappa shape index (κ3) is 4.83. The SMILES string of the molecule is c1ccc(-c2nc(-c3cccc4c3sc3ccccc34)nc(-c3cccc4oc5ccc(-c6ccc7c(c6)C6(c8ccccc8-c8ccccc86)c6ccccc6-7)cc5c34)n2)cc1. The average molecular weight is 820 g/mol. The Kier molecular flexibility index (Phi) is 7.16. The van der Waals surface area contributed by atoms with Gasteiger partial charge in [0.05, 0.1) is 5.41 Å². The second-order valence-electron chi connectivity index (χ2n) is 16.6. The lowest BCUT2D eigenvalue weighted by Gasteiger charge is -2.30. The van der Waals surface area contributed by atoms with Gasteiger partial charge in [0.15, 0.2) is 17.5 Å². The number of aromatic nitrogens is 3. The van der Waals surface area contributed by atoms with Crippen LogP contribution in [0.1, 0.15) is 22.3 Å². The van der Waals surface area contributed by atoms with Crippen LogP contribution in [0.4, 0.5) is 0 Å². The number of furan rings is 1. The highest BCUT2D eigenvalue weighted by molar-refractivity contribution is 7.26. The van der Waals surface area contributed by atoms with Crippen LogP contribution in [0.3, 0.4) is 0 Å². The molecule has 2 aliphatic rings. The first-order chi connectivity index (χ1) is 31.2. The quantitative estimate of drug-likeness (QED) is 0.177. The summed E-state index contributed by atoms with van der Waals surface area (Å²) in [7, 11) is 0. The zero-order valence-electron chi connectivity index (χ0n) is 33.7. The van der Waals surface area contributed by atoms with Gasteiger partial charge in [0.2, 0.25) is 0 Å². The number of thiophene rings is 1. The molecule has 0 fully saturated rings. The Bertz CT molecular complexity index is 3820. The fraction of sp³-hybridized carbons (Fsp3) is 0.0172. The highest BCUT2D eigenvalue weighted by Crippen LogP contribution is 2.63. The predicted molar refractivity (Wildman–Crippen MR) is 258 cm³/mol. The van der Waals surface area contributed by atoms with Crippen molar-refractivity contribution in [3.8, 4) is 67.5 Å². The lowest BCUT2D eigenvalue weighted by Crippen LogP contribution is -2.25. The summed E-state index contributed by atoms with van der Waals surface area (Å²) >= 11 is 1.78. The van der Waals surface area contributed by atoms with E-state index >= 15 is 0 Å². The molecule has 1 spiro atoms. The Hall–Kier alpha value is -7.99. The lowest BCUT2D eigenvalue weighted by atomic mass is 9.70. The third-order valence-electron chi connectivity index (χ3n) is 13.4. The number of fused-ring (bicyclic) bond motifs is 16.